The monoisotopic (exact) mass is 513 g/mol. The van der Waals surface area contributed by atoms with Crippen LogP contribution >= 0.6 is 0 Å². The standard InChI is InChI=1S/C29H21F2N3O4/c1-17-3-9-21(29(36)34(17)20-7-5-19(30)6-8-20)25(35)14-18-4-10-27(23(31)13-18)38-26-11-12-32-24-16-33-28(37-2)15-22(24)26/h3-13,15-16H,14H2,1-2H3. The van der Waals surface area contributed by atoms with Crippen molar-refractivity contribution in [1.82, 2.24) is 14.5 Å². The molecule has 0 saturated carbocycles. The van der Waals surface area contributed by atoms with Crippen molar-refractivity contribution in [3.8, 4) is 23.1 Å². The minimum atomic E-state index is -0.672. The van der Waals surface area contributed by atoms with Crippen molar-refractivity contribution in [2.24, 2.45) is 0 Å². The molecule has 2 aromatic carbocycles. The summed E-state index contributed by atoms with van der Waals surface area (Å²) in [4.78, 5) is 34.5. The van der Waals surface area contributed by atoms with E-state index in [-0.39, 0.29) is 17.7 Å². The molecular formula is C29H21F2N3O4. The Labute approximate surface area is 215 Å². The van der Waals surface area contributed by atoms with Gasteiger partial charge >= 0.3 is 0 Å². The molecule has 0 aliphatic rings. The second-order valence-corrected chi connectivity index (χ2v) is 8.53. The van der Waals surface area contributed by atoms with Gasteiger partial charge in [0, 0.05) is 35.5 Å². The average molecular weight is 514 g/mol. The summed E-state index contributed by atoms with van der Waals surface area (Å²) in [5.74, 6) is -0.903. The molecule has 0 unspecified atom stereocenters. The quantitative estimate of drug-likeness (QED) is 0.264. The summed E-state index contributed by atoms with van der Waals surface area (Å²) in [5.41, 5.74) is 1.37. The fourth-order valence-corrected chi connectivity index (χ4v) is 4.09. The lowest BCUT2D eigenvalue weighted by atomic mass is 10.0. The zero-order valence-corrected chi connectivity index (χ0v) is 20.4. The molecule has 3 heterocycles. The van der Waals surface area contributed by atoms with Crippen molar-refractivity contribution >= 4 is 16.7 Å². The molecular weight excluding hydrogens is 492 g/mol. The van der Waals surface area contributed by atoms with Crippen LogP contribution in [-0.2, 0) is 6.42 Å². The maximum atomic E-state index is 15.0. The average Bonchev–Trinajstić information content (AvgIpc) is 2.91. The predicted octanol–water partition coefficient (Wildman–Crippen LogP) is 5.59. The van der Waals surface area contributed by atoms with Crippen LogP contribution in [0.25, 0.3) is 16.6 Å². The van der Waals surface area contributed by atoms with Crippen LogP contribution in [0.5, 0.6) is 17.4 Å². The summed E-state index contributed by atoms with van der Waals surface area (Å²) in [6.45, 7) is 1.71. The molecule has 0 aliphatic heterocycles. The van der Waals surface area contributed by atoms with E-state index in [0.717, 1.165) is 0 Å². The number of carbonyl (C=O) groups excluding carboxylic acids is 1. The number of pyridine rings is 3. The molecule has 0 amide bonds. The van der Waals surface area contributed by atoms with Gasteiger partial charge in [-0.05, 0) is 67.1 Å². The number of benzene rings is 2. The maximum Gasteiger partial charge on any atom is 0.266 e. The molecule has 3 aromatic heterocycles. The normalized spacial score (nSPS) is 10.9. The molecule has 0 N–H and O–H groups in total. The Kier molecular flexibility index (Phi) is 6.66. The third-order valence-corrected chi connectivity index (χ3v) is 6.02. The molecule has 9 heteroatoms. The van der Waals surface area contributed by atoms with Gasteiger partial charge in [0.2, 0.25) is 5.88 Å². The fourth-order valence-electron chi connectivity index (χ4n) is 4.09. The van der Waals surface area contributed by atoms with Gasteiger partial charge < -0.3 is 9.47 Å². The highest BCUT2D eigenvalue weighted by molar-refractivity contribution is 5.97. The molecule has 5 rings (SSSR count). The second kappa shape index (κ2) is 10.2. The number of carbonyl (C=O) groups is 1. The lowest BCUT2D eigenvalue weighted by Crippen LogP contribution is -2.27. The number of hydrogen-bond donors (Lipinski definition) is 0. The van der Waals surface area contributed by atoms with Crippen LogP contribution in [-0.4, -0.2) is 27.4 Å². The molecule has 190 valence electrons. The van der Waals surface area contributed by atoms with E-state index in [4.69, 9.17) is 9.47 Å². The number of aryl methyl sites for hydroxylation is 1. The van der Waals surface area contributed by atoms with E-state index in [2.05, 4.69) is 9.97 Å². The number of Topliss-reactive ketones (excluding diaryl/α,β-unsaturated/α-hetero) is 1. The third kappa shape index (κ3) is 4.86. The summed E-state index contributed by atoms with van der Waals surface area (Å²) in [6, 6.07) is 15.9. The minimum Gasteiger partial charge on any atom is -0.481 e. The van der Waals surface area contributed by atoms with E-state index in [1.165, 1.54) is 66.5 Å². The Balaban J connectivity index is 1.39. The Morgan fingerprint density at radius 2 is 1.74 bits per heavy atom. The molecule has 38 heavy (non-hydrogen) atoms. The molecule has 0 bridgehead atoms. The van der Waals surface area contributed by atoms with Crippen LogP contribution < -0.4 is 15.0 Å². The number of methoxy groups -OCH3 is 1. The van der Waals surface area contributed by atoms with Crippen molar-refractivity contribution in [3.63, 3.8) is 0 Å². The van der Waals surface area contributed by atoms with Gasteiger partial charge in [0.15, 0.2) is 17.3 Å². The third-order valence-electron chi connectivity index (χ3n) is 6.02. The van der Waals surface area contributed by atoms with E-state index >= 15 is 0 Å². The van der Waals surface area contributed by atoms with Gasteiger partial charge in [0.1, 0.15) is 11.6 Å². The summed E-state index contributed by atoms with van der Waals surface area (Å²) in [5, 5.41) is 0.592. The highest BCUT2D eigenvalue weighted by Crippen LogP contribution is 2.32. The molecule has 0 fully saturated rings. The Bertz CT molecular complexity index is 1730. The number of nitrogens with zero attached hydrogens (tertiary/aromatic N) is 3. The number of rotatable bonds is 7. The number of ether oxygens (including phenoxy) is 2. The first kappa shape index (κ1) is 24.8. The summed E-state index contributed by atoms with van der Waals surface area (Å²) in [6.07, 6.45) is 2.86. The highest BCUT2D eigenvalue weighted by atomic mass is 19.1. The zero-order chi connectivity index (χ0) is 26.8. The minimum absolute atomic E-state index is 0.0431. The number of hydrogen-bond acceptors (Lipinski definition) is 6. The lowest BCUT2D eigenvalue weighted by molar-refractivity contribution is 0.0991. The second-order valence-electron chi connectivity index (χ2n) is 8.53. The smallest absolute Gasteiger partial charge is 0.266 e. The number of halogens is 2. The van der Waals surface area contributed by atoms with Gasteiger partial charge in [-0.25, -0.2) is 13.8 Å². The number of ketones is 1. The Morgan fingerprint density at radius 1 is 0.947 bits per heavy atom. The van der Waals surface area contributed by atoms with Gasteiger partial charge in [-0.1, -0.05) is 6.07 Å². The van der Waals surface area contributed by atoms with Crippen molar-refractivity contribution in [3.05, 3.63) is 118 Å². The topological polar surface area (TPSA) is 83.3 Å². The Morgan fingerprint density at radius 3 is 2.47 bits per heavy atom. The predicted molar refractivity (Wildman–Crippen MR) is 137 cm³/mol. The van der Waals surface area contributed by atoms with Gasteiger partial charge in [-0.3, -0.25) is 19.1 Å². The van der Waals surface area contributed by atoms with Crippen LogP contribution in [0.3, 0.4) is 0 Å². The van der Waals surface area contributed by atoms with Gasteiger partial charge in [-0.15, -0.1) is 0 Å². The lowest BCUT2D eigenvalue weighted by Gasteiger charge is -2.12. The molecule has 0 aliphatic carbocycles. The van der Waals surface area contributed by atoms with E-state index < -0.39 is 23.0 Å². The summed E-state index contributed by atoms with van der Waals surface area (Å²) < 4.78 is 40.6. The van der Waals surface area contributed by atoms with Crippen molar-refractivity contribution in [2.45, 2.75) is 13.3 Å². The van der Waals surface area contributed by atoms with E-state index in [0.29, 0.717) is 39.5 Å². The molecule has 0 atom stereocenters. The first-order valence-corrected chi connectivity index (χ1v) is 11.6. The first-order valence-electron chi connectivity index (χ1n) is 11.6. The first-order chi connectivity index (χ1) is 18.3. The fraction of sp³-hybridized carbons (Fsp3) is 0.103. The molecule has 0 radical (unpaired) electrons. The highest BCUT2D eigenvalue weighted by Gasteiger charge is 2.17. The van der Waals surface area contributed by atoms with Crippen molar-refractivity contribution < 1.29 is 23.0 Å². The molecule has 5 aromatic rings. The van der Waals surface area contributed by atoms with Crippen LogP contribution in [0.15, 0.2) is 83.9 Å². The number of aromatic nitrogens is 3. The molecule has 7 nitrogen and oxygen atoms in total. The largest absolute Gasteiger partial charge is 0.481 e. The number of fused-ring (bicyclic) bond motifs is 1. The van der Waals surface area contributed by atoms with Crippen LogP contribution in [0, 0.1) is 18.6 Å². The van der Waals surface area contributed by atoms with E-state index in [9.17, 15) is 18.4 Å². The van der Waals surface area contributed by atoms with Gasteiger partial charge in [-0.2, -0.15) is 0 Å². The van der Waals surface area contributed by atoms with Crippen LogP contribution in [0.2, 0.25) is 0 Å². The summed E-state index contributed by atoms with van der Waals surface area (Å²) in [7, 11) is 1.49. The molecule has 0 saturated heterocycles. The Hall–Kier alpha value is -4.92. The van der Waals surface area contributed by atoms with Crippen LogP contribution in [0.1, 0.15) is 21.6 Å². The zero-order valence-electron chi connectivity index (χ0n) is 20.4. The van der Waals surface area contributed by atoms with Gasteiger partial charge in [0.25, 0.3) is 5.56 Å². The maximum absolute atomic E-state index is 15.0. The van der Waals surface area contributed by atoms with Crippen molar-refractivity contribution in [1.29, 1.82) is 0 Å². The van der Waals surface area contributed by atoms with Crippen molar-refractivity contribution in [2.75, 3.05) is 7.11 Å². The van der Waals surface area contributed by atoms with E-state index in [1.807, 2.05) is 0 Å². The SMILES string of the molecule is COc1cc2c(Oc3ccc(CC(=O)c4ccc(C)n(-c5ccc(F)cc5)c4=O)cc3F)ccnc2cn1. The van der Waals surface area contributed by atoms with Gasteiger partial charge in [0.05, 0.1) is 24.4 Å². The summed E-state index contributed by atoms with van der Waals surface area (Å²) >= 11 is 0. The van der Waals surface area contributed by atoms with E-state index in [1.54, 1.807) is 31.2 Å². The molecule has 0 spiro atoms. The van der Waals surface area contributed by atoms with Crippen LogP contribution in [0.4, 0.5) is 8.78 Å².